The predicted molar refractivity (Wildman–Crippen MR) is 125 cm³/mol. The van der Waals surface area contributed by atoms with E-state index in [1.165, 1.54) is 17.2 Å². The number of aromatic nitrogens is 2. The zero-order valence-electron chi connectivity index (χ0n) is 20.0. The van der Waals surface area contributed by atoms with Crippen LogP contribution in [0.4, 0.5) is 0 Å². The van der Waals surface area contributed by atoms with Gasteiger partial charge in [0.15, 0.2) is 0 Å². The Hall–Kier alpha value is -2.94. The first kappa shape index (κ1) is 22.8. The smallest absolute Gasteiger partial charge is 0.329 e. The summed E-state index contributed by atoms with van der Waals surface area (Å²) in [6.07, 6.45) is 4.33. The minimum absolute atomic E-state index is 0.109. The first-order valence-corrected chi connectivity index (χ1v) is 12.1. The number of hydrogen-bond donors (Lipinski definition) is 1. The molecule has 34 heavy (non-hydrogen) atoms. The van der Waals surface area contributed by atoms with E-state index in [1.807, 2.05) is 13.0 Å². The summed E-state index contributed by atoms with van der Waals surface area (Å²) in [5.74, 6) is -0.412. The van der Waals surface area contributed by atoms with Gasteiger partial charge in [-0.05, 0) is 75.7 Å². The zero-order chi connectivity index (χ0) is 24.2. The molecule has 9 heteroatoms. The van der Waals surface area contributed by atoms with E-state index in [0.717, 1.165) is 49.8 Å². The molecule has 1 atom stereocenters. The van der Waals surface area contributed by atoms with Gasteiger partial charge in [0.25, 0.3) is 0 Å². The molecule has 1 aliphatic carbocycles. The summed E-state index contributed by atoms with van der Waals surface area (Å²) in [4.78, 5) is 51.4. The number of fused-ring (bicyclic) bond motifs is 1. The standard InChI is InChI=1S/C25H32N4O5/c1-25(23(32)34-3)13-17(14-25)28-10-8-15(9-11-28)16-4-5-18-20(12-16)27(2)24(33)29(18)19-6-7-21(30)26-22(19)31/h4-5,12,15,17,19H,6-11,13-14H2,1-3H3,(H,26,30,31). The number of carbonyl (C=O) groups excluding carboxylic acids is 3. The molecule has 1 saturated carbocycles. The third-order valence-corrected chi connectivity index (χ3v) is 8.20. The van der Waals surface area contributed by atoms with Crippen LogP contribution in [0, 0.1) is 5.41 Å². The van der Waals surface area contributed by atoms with Crippen molar-refractivity contribution in [2.75, 3.05) is 20.2 Å². The quantitative estimate of drug-likeness (QED) is 0.543. The van der Waals surface area contributed by atoms with Crippen molar-refractivity contribution in [3.8, 4) is 0 Å². The Morgan fingerprint density at radius 1 is 1.09 bits per heavy atom. The maximum Gasteiger partial charge on any atom is 0.329 e. The van der Waals surface area contributed by atoms with E-state index < -0.39 is 11.9 Å². The first-order valence-electron chi connectivity index (χ1n) is 12.1. The second-order valence-electron chi connectivity index (χ2n) is 10.4. The second kappa shape index (κ2) is 8.37. The molecular weight excluding hydrogens is 436 g/mol. The van der Waals surface area contributed by atoms with E-state index in [9.17, 15) is 19.2 Å². The number of imide groups is 1. The molecule has 0 radical (unpaired) electrons. The van der Waals surface area contributed by atoms with Crippen molar-refractivity contribution in [2.45, 2.75) is 63.5 Å². The molecule has 0 bridgehead atoms. The molecule has 1 aromatic heterocycles. The van der Waals surface area contributed by atoms with E-state index in [-0.39, 0.29) is 29.4 Å². The van der Waals surface area contributed by atoms with Gasteiger partial charge in [0.1, 0.15) is 6.04 Å². The maximum atomic E-state index is 13.0. The molecule has 3 aliphatic rings. The third-order valence-electron chi connectivity index (χ3n) is 8.20. The molecule has 5 rings (SSSR count). The number of nitrogens with zero attached hydrogens (tertiary/aromatic N) is 3. The van der Waals surface area contributed by atoms with Crippen molar-refractivity contribution < 1.29 is 19.1 Å². The summed E-state index contributed by atoms with van der Waals surface area (Å²) < 4.78 is 8.07. The topological polar surface area (TPSA) is 103 Å². The number of nitrogens with one attached hydrogen (secondary N) is 1. The summed E-state index contributed by atoms with van der Waals surface area (Å²) in [6.45, 7) is 3.96. The van der Waals surface area contributed by atoms with Gasteiger partial charge >= 0.3 is 11.7 Å². The molecule has 182 valence electrons. The number of hydrogen-bond acceptors (Lipinski definition) is 6. The molecule has 0 spiro atoms. The number of amides is 2. The van der Waals surface area contributed by atoms with Gasteiger partial charge in [-0.25, -0.2) is 4.79 Å². The van der Waals surface area contributed by atoms with Gasteiger partial charge in [0, 0.05) is 19.5 Å². The monoisotopic (exact) mass is 468 g/mol. The minimum atomic E-state index is -0.666. The molecule has 3 fully saturated rings. The van der Waals surface area contributed by atoms with Crippen molar-refractivity contribution in [3.63, 3.8) is 0 Å². The average molecular weight is 469 g/mol. The average Bonchev–Trinajstić information content (AvgIpc) is 3.06. The van der Waals surface area contributed by atoms with Crippen LogP contribution in [0.5, 0.6) is 0 Å². The Kier molecular flexibility index (Phi) is 5.62. The Morgan fingerprint density at radius 2 is 1.79 bits per heavy atom. The van der Waals surface area contributed by atoms with Gasteiger partial charge in [-0.1, -0.05) is 6.07 Å². The number of benzene rings is 1. The molecule has 2 aromatic rings. The van der Waals surface area contributed by atoms with Crippen LogP contribution in [0.2, 0.25) is 0 Å². The van der Waals surface area contributed by atoms with Crippen molar-refractivity contribution in [2.24, 2.45) is 12.5 Å². The lowest BCUT2D eigenvalue weighted by Gasteiger charge is -2.50. The summed E-state index contributed by atoms with van der Waals surface area (Å²) in [5.41, 5.74) is 2.15. The van der Waals surface area contributed by atoms with Crippen LogP contribution >= 0.6 is 0 Å². The fourth-order valence-electron chi connectivity index (χ4n) is 6.11. The highest BCUT2D eigenvalue weighted by Crippen LogP contribution is 2.45. The molecule has 2 amide bonds. The molecule has 2 aliphatic heterocycles. The number of esters is 1. The number of imidazole rings is 1. The van der Waals surface area contributed by atoms with Crippen molar-refractivity contribution in [1.29, 1.82) is 0 Å². The molecule has 2 saturated heterocycles. The van der Waals surface area contributed by atoms with Crippen LogP contribution in [-0.2, 0) is 26.2 Å². The lowest BCUT2D eigenvalue weighted by Crippen LogP contribution is -2.55. The molecule has 1 N–H and O–H groups in total. The molecule has 3 heterocycles. The fraction of sp³-hybridized carbons (Fsp3) is 0.600. The Bertz CT molecular complexity index is 1210. The Morgan fingerprint density at radius 3 is 2.44 bits per heavy atom. The highest BCUT2D eigenvalue weighted by atomic mass is 16.5. The van der Waals surface area contributed by atoms with Crippen LogP contribution in [0.15, 0.2) is 23.0 Å². The third kappa shape index (κ3) is 3.66. The largest absolute Gasteiger partial charge is 0.469 e. The molecule has 1 unspecified atom stereocenters. The van der Waals surface area contributed by atoms with Gasteiger partial charge in [0.2, 0.25) is 11.8 Å². The van der Waals surface area contributed by atoms with E-state index in [2.05, 4.69) is 22.3 Å². The highest BCUT2D eigenvalue weighted by molar-refractivity contribution is 6.00. The van der Waals surface area contributed by atoms with E-state index in [4.69, 9.17) is 4.74 Å². The summed E-state index contributed by atoms with van der Waals surface area (Å²) in [7, 11) is 3.19. The van der Waals surface area contributed by atoms with Crippen molar-refractivity contribution in [3.05, 3.63) is 34.2 Å². The number of rotatable bonds is 4. The van der Waals surface area contributed by atoms with Gasteiger partial charge in [-0.3, -0.25) is 28.8 Å². The van der Waals surface area contributed by atoms with Gasteiger partial charge in [-0.2, -0.15) is 0 Å². The second-order valence-corrected chi connectivity index (χ2v) is 10.4. The summed E-state index contributed by atoms with van der Waals surface area (Å²) in [5, 5.41) is 2.35. The van der Waals surface area contributed by atoms with E-state index in [0.29, 0.717) is 18.4 Å². The predicted octanol–water partition coefficient (Wildman–Crippen LogP) is 1.84. The van der Waals surface area contributed by atoms with Crippen LogP contribution < -0.4 is 11.0 Å². The van der Waals surface area contributed by atoms with Crippen LogP contribution in [0.1, 0.15) is 63.0 Å². The number of ether oxygens (including phenoxy) is 1. The van der Waals surface area contributed by atoms with Crippen molar-refractivity contribution in [1.82, 2.24) is 19.4 Å². The lowest BCUT2D eigenvalue weighted by atomic mass is 9.66. The number of piperidine rings is 2. The van der Waals surface area contributed by atoms with E-state index >= 15 is 0 Å². The number of carbonyl (C=O) groups is 3. The normalized spacial score (nSPS) is 28.6. The Labute approximate surface area is 198 Å². The molecular formula is C25H32N4O5. The zero-order valence-corrected chi connectivity index (χ0v) is 20.0. The van der Waals surface area contributed by atoms with Gasteiger partial charge in [0.05, 0.1) is 23.6 Å². The number of aryl methyl sites for hydroxylation is 1. The SMILES string of the molecule is COC(=O)C1(C)CC(N2CCC(c3ccc4c(c3)n(C)c(=O)n4C3CCC(=O)NC3=O)CC2)C1. The van der Waals surface area contributed by atoms with Crippen LogP contribution in [0.3, 0.4) is 0 Å². The van der Waals surface area contributed by atoms with Crippen LogP contribution in [0.25, 0.3) is 11.0 Å². The number of methoxy groups -OCH3 is 1. The molecule has 1 aromatic carbocycles. The minimum Gasteiger partial charge on any atom is -0.469 e. The first-order chi connectivity index (χ1) is 16.2. The van der Waals surface area contributed by atoms with Crippen molar-refractivity contribution >= 4 is 28.8 Å². The lowest BCUT2D eigenvalue weighted by molar-refractivity contribution is -0.161. The molecule has 9 nitrogen and oxygen atoms in total. The highest BCUT2D eigenvalue weighted by Gasteiger charge is 2.49. The van der Waals surface area contributed by atoms with Gasteiger partial charge in [-0.15, -0.1) is 0 Å². The fourth-order valence-corrected chi connectivity index (χ4v) is 6.11. The number of likely N-dealkylation sites (tertiary alicyclic amines) is 1. The Balaban J connectivity index is 1.30. The summed E-state index contributed by atoms with van der Waals surface area (Å²) in [6, 6.07) is 5.87. The maximum absolute atomic E-state index is 13.0. The van der Waals surface area contributed by atoms with E-state index in [1.54, 1.807) is 11.6 Å². The van der Waals surface area contributed by atoms with Gasteiger partial charge < -0.3 is 9.64 Å². The summed E-state index contributed by atoms with van der Waals surface area (Å²) >= 11 is 0. The van der Waals surface area contributed by atoms with Crippen LogP contribution in [-0.4, -0.2) is 58.1 Å².